The summed E-state index contributed by atoms with van der Waals surface area (Å²) in [6.45, 7) is 0.298. The number of rotatable bonds is 2. The van der Waals surface area contributed by atoms with Crippen LogP contribution in [0.2, 0.25) is 0 Å². The molecule has 2 aromatic rings. The lowest BCUT2D eigenvalue weighted by Crippen LogP contribution is -1.99. The fraction of sp³-hybridized carbons (Fsp3) is 0.0769. The van der Waals surface area contributed by atoms with Gasteiger partial charge >= 0.3 is 0 Å². The van der Waals surface area contributed by atoms with E-state index in [2.05, 4.69) is 0 Å². The van der Waals surface area contributed by atoms with Crippen molar-refractivity contribution in [3.8, 4) is 11.1 Å². The number of benzene rings is 2. The maximum atomic E-state index is 13.1. The molecule has 2 aromatic carbocycles. The quantitative estimate of drug-likeness (QED) is 0.825. The smallest absolute Gasteiger partial charge is 0.123 e. The normalized spacial score (nSPS) is 10.4. The number of hydrogen-bond acceptors (Lipinski definition) is 1. The second kappa shape index (κ2) is 4.41. The van der Waals surface area contributed by atoms with E-state index in [0.29, 0.717) is 17.7 Å². The molecule has 0 radical (unpaired) electrons. The predicted molar refractivity (Wildman–Crippen MR) is 59.7 cm³/mol. The van der Waals surface area contributed by atoms with Crippen molar-refractivity contribution in [1.82, 2.24) is 0 Å². The van der Waals surface area contributed by atoms with Crippen LogP contribution in [0.25, 0.3) is 11.1 Å². The molecule has 16 heavy (non-hydrogen) atoms. The summed E-state index contributed by atoms with van der Waals surface area (Å²) in [4.78, 5) is 0. The lowest BCUT2D eigenvalue weighted by molar-refractivity contribution is 0.625. The van der Waals surface area contributed by atoms with Crippen LogP contribution >= 0.6 is 0 Å². The van der Waals surface area contributed by atoms with E-state index in [9.17, 15) is 8.78 Å². The molecule has 0 atom stereocenters. The minimum atomic E-state index is -0.350. The molecule has 0 aliphatic heterocycles. The Morgan fingerprint density at radius 2 is 1.69 bits per heavy atom. The van der Waals surface area contributed by atoms with Crippen molar-refractivity contribution in [2.24, 2.45) is 5.73 Å². The molecule has 0 saturated heterocycles. The first-order valence-electron chi connectivity index (χ1n) is 4.95. The van der Waals surface area contributed by atoms with E-state index in [1.165, 1.54) is 24.3 Å². The molecule has 2 rings (SSSR count). The van der Waals surface area contributed by atoms with Crippen molar-refractivity contribution in [3.05, 3.63) is 59.7 Å². The van der Waals surface area contributed by atoms with Crippen molar-refractivity contribution in [3.63, 3.8) is 0 Å². The van der Waals surface area contributed by atoms with Gasteiger partial charge in [-0.05, 0) is 41.0 Å². The van der Waals surface area contributed by atoms with Gasteiger partial charge in [0.05, 0.1) is 0 Å². The Hall–Kier alpha value is -1.74. The molecule has 2 N–H and O–H groups in total. The maximum Gasteiger partial charge on any atom is 0.123 e. The highest BCUT2D eigenvalue weighted by Gasteiger charge is 2.06. The van der Waals surface area contributed by atoms with E-state index in [1.54, 1.807) is 18.2 Å². The summed E-state index contributed by atoms with van der Waals surface area (Å²) >= 11 is 0. The van der Waals surface area contributed by atoms with Crippen LogP contribution in [0.1, 0.15) is 5.56 Å². The van der Waals surface area contributed by atoms with Gasteiger partial charge in [0.2, 0.25) is 0 Å². The lowest BCUT2D eigenvalue weighted by Gasteiger charge is -2.08. The monoisotopic (exact) mass is 219 g/mol. The van der Waals surface area contributed by atoms with Gasteiger partial charge in [-0.1, -0.05) is 18.2 Å². The first-order chi connectivity index (χ1) is 7.70. The van der Waals surface area contributed by atoms with Gasteiger partial charge in [0.15, 0.2) is 0 Å². The fourth-order valence-electron chi connectivity index (χ4n) is 1.65. The van der Waals surface area contributed by atoms with E-state index < -0.39 is 0 Å². The van der Waals surface area contributed by atoms with E-state index in [0.717, 1.165) is 5.56 Å². The maximum absolute atomic E-state index is 13.1. The van der Waals surface area contributed by atoms with Crippen molar-refractivity contribution in [2.45, 2.75) is 6.54 Å². The van der Waals surface area contributed by atoms with Gasteiger partial charge in [0.25, 0.3) is 0 Å². The summed E-state index contributed by atoms with van der Waals surface area (Å²) in [7, 11) is 0. The van der Waals surface area contributed by atoms with Crippen LogP contribution in [0.15, 0.2) is 42.5 Å². The standard InChI is InChI=1S/C13H11F2N/c14-11-3-1-2-9(6-11)13-7-12(15)5-4-10(13)8-16/h1-7H,8,16H2. The summed E-state index contributed by atoms with van der Waals surface area (Å²) in [6, 6.07) is 10.4. The number of hydrogen-bond donors (Lipinski definition) is 1. The zero-order valence-corrected chi connectivity index (χ0v) is 8.58. The highest BCUT2D eigenvalue weighted by Crippen LogP contribution is 2.25. The van der Waals surface area contributed by atoms with Crippen LogP contribution in [0.3, 0.4) is 0 Å². The average Bonchev–Trinajstić information content (AvgIpc) is 2.29. The van der Waals surface area contributed by atoms with Gasteiger partial charge < -0.3 is 5.73 Å². The SMILES string of the molecule is NCc1ccc(F)cc1-c1cccc(F)c1. The molecule has 82 valence electrons. The molecule has 0 aliphatic rings. The summed E-state index contributed by atoms with van der Waals surface area (Å²) in [6.07, 6.45) is 0. The van der Waals surface area contributed by atoms with Crippen molar-refractivity contribution < 1.29 is 8.78 Å². The minimum absolute atomic E-state index is 0.298. The molecule has 0 saturated carbocycles. The molecule has 0 heterocycles. The van der Waals surface area contributed by atoms with Gasteiger partial charge in [0, 0.05) is 6.54 Å². The lowest BCUT2D eigenvalue weighted by atomic mass is 9.99. The summed E-state index contributed by atoms with van der Waals surface area (Å²) in [5, 5.41) is 0. The van der Waals surface area contributed by atoms with Crippen LogP contribution in [0, 0.1) is 11.6 Å². The van der Waals surface area contributed by atoms with E-state index in [4.69, 9.17) is 5.73 Å². The summed E-state index contributed by atoms with van der Waals surface area (Å²) < 4.78 is 26.2. The zero-order chi connectivity index (χ0) is 11.5. The van der Waals surface area contributed by atoms with Crippen LogP contribution in [-0.2, 0) is 6.54 Å². The Labute approximate surface area is 92.5 Å². The van der Waals surface area contributed by atoms with E-state index in [-0.39, 0.29) is 11.6 Å². The Kier molecular flexibility index (Phi) is 2.97. The third kappa shape index (κ3) is 2.09. The predicted octanol–water partition coefficient (Wildman–Crippen LogP) is 3.09. The highest BCUT2D eigenvalue weighted by atomic mass is 19.1. The Morgan fingerprint density at radius 3 is 2.38 bits per heavy atom. The molecule has 0 bridgehead atoms. The topological polar surface area (TPSA) is 26.0 Å². The Bertz CT molecular complexity index is 509. The molecular formula is C13H11F2N. The zero-order valence-electron chi connectivity index (χ0n) is 8.58. The summed E-state index contributed by atoms with van der Waals surface area (Å²) in [5.74, 6) is -0.693. The molecular weight excluding hydrogens is 208 g/mol. The number of halogens is 2. The van der Waals surface area contributed by atoms with Gasteiger partial charge in [-0.25, -0.2) is 8.78 Å². The second-order valence-electron chi connectivity index (χ2n) is 3.52. The van der Waals surface area contributed by atoms with Crippen molar-refractivity contribution in [1.29, 1.82) is 0 Å². The van der Waals surface area contributed by atoms with Crippen LogP contribution in [-0.4, -0.2) is 0 Å². The van der Waals surface area contributed by atoms with Gasteiger partial charge in [-0.3, -0.25) is 0 Å². The first kappa shape index (κ1) is 10.8. The van der Waals surface area contributed by atoms with E-state index >= 15 is 0 Å². The van der Waals surface area contributed by atoms with Crippen LogP contribution in [0.5, 0.6) is 0 Å². The Morgan fingerprint density at radius 1 is 0.938 bits per heavy atom. The van der Waals surface area contributed by atoms with Gasteiger partial charge in [0.1, 0.15) is 11.6 Å². The summed E-state index contributed by atoms with van der Waals surface area (Å²) in [5.41, 5.74) is 7.64. The largest absolute Gasteiger partial charge is 0.326 e. The molecule has 0 aromatic heterocycles. The minimum Gasteiger partial charge on any atom is -0.326 e. The second-order valence-corrected chi connectivity index (χ2v) is 3.52. The third-order valence-electron chi connectivity index (χ3n) is 2.43. The van der Waals surface area contributed by atoms with Crippen molar-refractivity contribution in [2.75, 3.05) is 0 Å². The highest BCUT2D eigenvalue weighted by molar-refractivity contribution is 5.67. The Balaban J connectivity index is 2.58. The van der Waals surface area contributed by atoms with Gasteiger partial charge in [-0.15, -0.1) is 0 Å². The molecule has 1 nitrogen and oxygen atoms in total. The number of nitrogens with two attached hydrogens (primary N) is 1. The first-order valence-corrected chi connectivity index (χ1v) is 4.95. The molecule has 0 amide bonds. The molecule has 0 unspecified atom stereocenters. The van der Waals surface area contributed by atoms with Gasteiger partial charge in [-0.2, -0.15) is 0 Å². The molecule has 0 fully saturated rings. The molecule has 0 aliphatic carbocycles. The van der Waals surface area contributed by atoms with Crippen LogP contribution in [0.4, 0.5) is 8.78 Å². The average molecular weight is 219 g/mol. The van der Waals surface area contributed by atoms with Crippen molar-refractivity contribution >= 4 is 0 Å². The fourth-order valence-corrected chi connectivity index (χ4v) is 1.65. The molecule has 0 spiro atoms. The third-order valence-corrected chi connectivity index (χ3v) is 2.43. The van der Waals surface area contributed by atoms with E-state index in [1.807, 2.05) is 0 Å². The van der Waals surface area contributed by atoms with Crippen LogP contribution < -0.4 is 5.73 Å². The molecule has 3 heteroatoms.